The Morgan fingerprint density at radius 3 is 2.84 bits per heavy atom. The molecule has 19 heavy (non-hydrogen) atoms. The molecule has 2 aromatic rings. The Balaban J connectivity index is 2.05. The predicted octanol–water partition coefficient (Wildman–Crippen LogP) is 1.79. The van der Waals surface area contributed by atoms with Gasteiger partial charge < -0.3 is 10.2 Å². The average molecular weight is 256 g/mol. The van der Waals surface area contributed by atoms with Gasteiger partial charge in [-0.3, -0.25) is 14.8 Å². The van der Waals surface area contributed by atoms with Gasteiger partial charge in [-0.05, 0) is 23.8 Å². The number of hydrogen-bond acceptors (Lipinski definition) is 4. The standard InChI is InChI=1S/C14H16N4O/c1-18(2)14(19)13-8-12(5-7-16-13)17-10-11-4-3-6-15-9-11/h3-9H,10H2,1-2H3,(H,16,17). The number of amides is 1. The van der Waals surface area contributed by atoms with Crippen molar-refractivity contribution in [2.24, 2.45) is 0 Å². The summed E-state index contributed by atoms with van der Waals surface area (Å²) in [6.07, 6.45) is 5.17. The monoisotopic (exact) mass is 256 g/mol. The zero-order valence-corrected chi connectivity index (χ0v) is 11.0. The van der Waals surface area contributed by atoms with Crippen LogP contribution in [0.1, 0.15) is 16.1 Å². The second-order valence-corrected chi connectivity index (χ2v) is 4.34. The highest BCUT2D eigenvalue weighted by Crippen LogP contribution is 2.10. The molecule has 0 fully saturated rings. The van der Waals surface area contributed by atoms with E-state index in [1.165, 1.54) is 4.90 Å². The number of pyridine rings is 2. The number of aromatic nitrogens is 2. The fourth-order valence-electron chi connectivity index (χ4n) is 1.59. The summed E-state index contributed by atoms with van der Waals surface area (Å²) in [5.74, 6) is -0.106. The molecule has 0 aliphatic heterocycles. The van der Waals surface area contributed by atoms with E-state index in [9.17, 15) is 4.79 Å². The first-order valence-corrected chi connectivity index (χ1v) is 5.97. The second-order valence-electron chi connectivity index (χ2n) is 4.34. The summed E-state index contributed by atoms with van der Waals surface area (Å²) in [6, 6.07) is 7.47. The molecule has 0 unspecified atom stereocenters. The molecule has 5 heteroatoms. The van der Waals surface area contributed by atoms with E-state index in [4.69, 9.17) is 0 Å². The number of nitrogens with zero attached hydrogens (tertiary/aromatic N) is 3. The van der Waals surface area contributed by atoms with Gasteiger partial charge in [0.15, 0.2) is 0 Å². The second kappa shape index (κ2) is 5.95. The summed E-state index contributed by atoms with van der Waals surface area (Å²) in [5, 5.41) is 3.24. The topological polar surface area (TPSA) is 58.1 Å². The van der Waals surface area contributed by atoms with Gasteiger partial charge in [0.25, 0.3) is 5.91 Å². The van der Waals surface area contributed by atoms with Crippen LogP contribution in [0.5, 0.6) is 0 Å². The Kier molecular flexibility index (Phi) is 4.07. The van der Waals surface area contributed by atoms with Crippen LogP contribution in [0.15, 0.2) is 42.9 Å². The maximum atomic E-state index is 11.8. The van der Waals surface area contributed by atoms with Crippen molar-refractivity contribution in [1.29, 1.82) is 0 Å². The van der Waals surface area contributed by atoms with Crippen molar-refractivity contribution in [3.63, 3.8) is 0 Å². The van der Waals surface area contributed by atoms with Crippen molar-refractivity contribution in [1.82, 2.24) is 14.9 Å². The number of carbonyl (C=O) groups excluding carboxylic acids is 1. The zero-order valence-electron chi connectivity index (χ0n) is 11.0. The lowest BCUT2D eigenvalue weighted by Crippen LogP contribution is -2.22. The molecule has 2 heterocycles. The molecule has 1 N–H and O–H groups in total. The molecule has 0 atom stereocenters. The summed E-state index contributed by atoms with van der Waals surface area (Å²) in [4.78, 5) is 21.4. The number of carbonyl (C=O) groups is 1. The summed E-state index contributed by atoms with van der Waals surface area (Å²) < 4.78 is 0. The third kappa shape index (κ3) is 3.51. The number of nitrogens with one attached hydrogen (secondary N) is 1. The SMILES string of the molecule is CN(C)C(=O)c1cc(NCc2cccnc2)ccn1. The van der Waals surface area contributed by atoms with Gasteiger partial charge in [-0.25, -0.2) is 0 Å². The molecule has 2 aromatic heterocycles. The van der Waals surface area contributed by atoms with Crippen LogP contribution in [0.4, 0.5) is 5.69 Å². The summed E-state index contributed by atoms with van der Waals surface area (Å²) in [6.45, 7) is 0.660. The van der Waals surface area contributed by atoms with Crippen LogP contribution in [0.3, 0.4) is 0 Å². The van der Waals surface area contributed by atoms with Crippen molar-refractivity contribution in [3.05, 3.63) is 54.1 Å². The van der Waals surface area contributed by atoms with Crippen LogP contribution in [-0.4, -0.2) is 34.9 Å². The van der Waals surface area contributed by atoms with Gasteiger partial charge in [-0.2, -0.15) is 0 Å². The van der Waals surface area contributed by atoms with Crippen molar-refractivity contribution in [2.75, 3.05) is 19.4 Å². The molecule has 2 rings (SSSR count). The lowest BCUT2D eigenvalue weighted by atomic mass is 10.2. The third-order valence-corrected chi connectivity index (χ3v) is 2.60. The summed E-state index contributed by atoms with van der Waals surface area (Å²) in [7, 11) is 3.42. The lowest BCUT2D eigenvalue weighted by molar-refractivity contribution is 0.0822. The highest BCUT2D eigenvalue weighted by atomic mass is 16.2. The molecule has 0 saturated heterocycles. The third-order valence-electron chi connectivity index (χ3n) is 2.60. The highest BCUT2D eigenvalue weighted by Gasteiger charge is 2.09. The molecular formula is C14H16N4O. The molecule has 0 aliphatic carbocycles. The van der Waals surface area contributed by atoms with E-state index in [1.54, 1.807) is 38.8 Å². The van der Waals surface area contributed by atoms with Crippen LogP contribution in [0, 0.1) is 0 Å². The Labute approximate surface area is 112 Å². The molecule has 0 spiro atoms. The van der Waals surface area contributed by atoms with Crippen molar-refractivity contribution < 1.29 is 4.79 Å². The van der Waals surface area contributed by atoms with Crippen molar-refractivity contribution in [2.45, 2.75) is 6.54 Å². The van der Waals surface area contributed by atoms with Crippen LogP contribution < -0.4 is 5.32 Å². The van der Waals surface area contributed by atoms with E-state index in [0.29, 0.717) is 12.2 Å². The summed E-state index contributed by atoms with van der Waals surface area (Å²) in [5.41, 5.74) is 2.38. The normalized spacial score (nSPS) is 10.0. The average Bonchev–Trinajstić information content (AvgIpc) is 2.45. The predicted molar refractivity (Wildman–Crippen MR) is 73.8 cm³/mol. The molecule has 0 radical (unpaired) electrons. The zero-order chi connectivity index (χ0) is 13.7. The van der Waals surface area contributed by atoms with E-state index < -0.39 is 0 Å². The first kappa shape index (κ1) is 13.0. The maximum Gasteiger partial charge on any atom is 0.272 e. The van der Waals surface area contributed by atoms with Crippen LogP contribution >= 0.6 is 0 Å². The van der Waals surface area contributed by atoms with E-state index in [0.717, 1.165) is 11.3 Å². The highest BCUT2D eigenvalue weighted by molar-refractivity contribution is 5.92. The Hall–Kier alpha value is -2.43. The minimum Gasteiger partial charge on any atom is -0.381 e. The van der Waals surface area contributed by atoms with Gasteiger partial charge in [0, 0.05) is 44.9 Å². The minimum atomic E-state index is -0.106. The van der Waals surface area contributed by atoms with Crippen LogP contribution in [0.2, 0.25) is 0 Å². The Morgan fingerprint density at radius 2 is 2.16 bits per heavy atom. The van der Waals surface area contributed by atoms with Gasteiger partial charge in [-0.15, -0.1) is 0 Å². The quantitative estimate of drug-likeness (QED) is 0.906. The van der Waals surface area contributed by atoms with Gasteiger partial charge in [0.2, 0.25) is 0 Å². The maximum absolute atomic E-state index is 11.8. The fraction of sp³-hybridized carbons (Fsp3) is 0.214. The minimum absolute atomic E-state index is 0.106. The molecule has 0 saturated carbocycles. The summed E-state index contributed by atoms with van der Waals surface area (Å²) >= 11 is 0. The molecule has 98 valence electrons. The van der Waals surface area contributed by atoms with Crippen molar-refractivity contribution >= 4 is 11.6 Å². The number of anilines is 1. The van der Waals surface area contributed by atoms with Crippen molar-refractivity contribution in [3.8, 4) is 0 Å². The molecule has 0 aliphatic rings. The smallest absolute Gasteiger partial charge is 0.272 e. The Morgan fingerprint density at radius 1 is 1.32 bits per heavy atom. The molecule has 0 bridgehead atoms. The van der Waals surface area contributed by atoms with E-state index in [2.05, 4.69) is 15.3 Å². The van der Waals surface area contributed by atoms with E-state index in [-0.39, 0.29) is 5.91 Å². The van der Waals surface area contributed by atoms with Gasteiger partial charge >= 0.3 is 0 Å². The number of rotatable bonds is 4. The largest absolute Gasteiger partial charge is 0.381 e. The van der Waals surface area contributed by atoms with Gasteiger partial charge in [0.1, 0.15) is 5.69 Å². The van der Waals surface area contributed by atoms with Crippen LogP contribution in [0.25, 0.3) is 0 Å². The van der Waals surface area contributed by atoms with Crippen LogP contribution in [-0.2, 0) is 6.54 Å². The molecular weight excluding hydrogens is 240 g/mol. The first-order chi connectivity index (χ1) is 9.16. The molecule has 0 aromatic carbocycles. The Bertz CT molecular complexity index is 554. The van der Waals surface area contributed by atoms with E-state index in [1.807, 2.05) is 18.2 Å². The van der Waals surface area contributed by atoms with E-state index >= 15 is 0 Å². The molecule has 5 nitrogen and oxygen atoms in total. The first-order valence-electron chi connectivity index (χ1n) is 5.97. The fourth-order valence-corrected chi connectivity index (χ4v) is 1.59. The molecule has 1 amide bonds. The van der Waals surface area contributed by atoms with Gasteiger partial charge in [-0.1, -0.05) is 6.07 Å². The lowest BCUT2D eigenvalue weighted by Gasteiger charge is -2.11. The number of hydrogen-bond donors (Lipinski definition) is 1. The van der Waals surface area contributed by atoms with Gasteiger partial charge in [0.05, 0.1) is 0 Å².